The number of rotatable bonds is 7. The number of halogens is 1. The highest BCUT2D eigenvalue weighted by Gasteiger charge is 2.11. The molecule has 2 N–H and O–H groups in total. The van der Waals surface area contributed by atoms with E-state index in [1.807, 2.05) is 19.4 Å². The second-order valence-electron chi connectivity index (χ2n) is 6.87. The smallest absolute Gasteiger partial charge is 0.191 e. The van der Waals surface area contributed by atoms with E-state index in [0.717, 1.165) is 31.2 Å². The summed E-state index contributed by atoms with van der Waals surface area (Å²) in [4.78, 5) is 7.16. The Balaban J connectivity index is 0.00000261. The topological polar surface area (TPSA) is 57.5 Å². The van der Waals surface area contributed by atoms with Crippen LogP contribution in [0.4, 0.5) is 0 Å². The molecule has 2 heterocycles. The molecule has 1 aliphatic heterocycles. The van der Waals surface area contributed by atoms with Gasteiger partial charge < -0.3 is 10.6 Å². The third-order valence-electron chi connectivity index (χ3n) is 4.61. The van der Waals surface area contributed by atoms with E-state index in [-0.39, 0.29) is 24.0 Å². The lowest BCUT2D eigenvalue weighted by Gasteiger charge is -2.15. The number of likely N-dealkylation sites (tertiary alicyclic amines) is 1. The molecule has 7 heteroatoms. The highest BCUT2D eigenvalue weighted by Crippen LogP contribution is 2.13. The Morgan fingerprint density at radius 1 is 1.07 bits per heavy atom. The van der Waals surface area contributed by atoms with Crippen LogP contribution < -0.4 is 10.6 Å². The summed E-state index contributed by atoms with van der Waals surface area (Å²) in [6.07, 6.45) is 6.53. The number of aromatic nitrogens is 2. The largest absolute Gasteiger partial charge is 0.357 e. The third kappa shape index (κ3) is 7.14. The molecule has 0 amide bonds. The van der Waals surface area contributed by atoms with Gasteiger partial charge in [0.25, 0.3) is 0 Å². The lowest BCUT2D eigenvalue weighted by molar-refractivity contribution is 0.331. The molecule has 3 rings (SSSR count). The fourth-order valence-electron chi connectivity index (χ4n) is 3.21. The SMILES string of the molecule is CCNC(=NCc1cnn(C)c1)NCc1ccc(CN2CCCC2)cc1.I. The van der Waals surface area contributed by atoms with E-state index < -0.39 is 0 Å². The van der Waals surface area contributed by atoms with Crippen molar-refractivity contribution < 1.29 is 0 Å². The van der Waals surface area contributed by atoms with Gasteiger partial charge in [0, 0.05) is 38.4 Å². The first kappa shape index (κ1) is 21.7. The summed E-state index contributed by atoms with van der Waals surface area (Å²) < 4.78 is 1.80. The lowest BCUT2D eigenvalue weighted by Crippen LogP contribution is -2.36. The van der Waals surface area contributed by atoms with Gasteiger partial charge in [-0.25, -0.2) is 4.99 Å². The van der Waals surface area contributed by atoms with E-state index in [1.54, 1.807) is 4.68 Å². The number of aryl methyl sites for hydroxylation is 1. The molecule has 0 aliphatic carbocycles. The Bertz CT molecular complexity index is 704. The molecular formula is C20H31IN6. The number of benzene rings is 1. The summed E-state index contributed by atoms with van der Waals surface area (Å²) in [6, 6.07) is 8.91. The van der Waals surface area contributed by atoms with Gasteiger partial charge in [0.05, 0.1) is 12.7 Å². The Labute approximate surface area is 179 Å². The standard InChI is InChI=1S/C20H30N6.HI/c1-3-21-20(23-13-19-14-24-25(2)15-19)22-12-17-6-8-18(9-7-17)16-26-10-4-5-11-26;/h6-9,14-15H,3-5,10-13,16H2,1-2H3,(H2,21,22,23);1H. The molecule has 0 spiro atoms. The first-order valence-corrected chi connectivity index (χ1v) is 9.53. The number of nitrogens with one attached hydrogen (secondary N) is 2. The molecule has 0 unspecified atom stereocenters. The molecule has 1 saturated heterocycles. The molecule has 1 aliphatic rings. The van der Waals surface area contributed by atoms with Crippen LogP contribution in [0.15, 0.2) is 41.7 Å². The number of guanidine groups is 1. The minimum atomic E-state index is 0. The van der Waals surface area contributed by atoms with Crippen molar-refractivity contribution in [2.45, 2.75) is 39.4 Å². The summed E-state index contributed by atoms with van der Waals surface area (Å²) in [7, 11) is 1.92. The Hall–Kier alpha value is -1.61. The van der Waals surface area contributed by atoms with Gasteiger partial charge in [0.1, 0.15) is 0 Å². The van der Waals surface area contributed by atoms with E-state index in [1.165, 1.54) is 37.1 Å². The zero-order chi connectivity index (χ0) is 18.2. The second-order valence-corrected chi connectivity index (χ2v) is 6.87. The summed E-state index contributed by atoms with van der Waals surface area (Å²) in [6.45, 7) is 7.86. The molecule has 1 fully saturated rings. The van der Waals surface area contributed by atoms with Crippen LogP contribution in [-0.4, -0.2) is 40.3 Å². The van der Waals surface area contributed by atoms with Crippen molar-refractivity contribution in [1.29, 1.82) is 0 Å². The zero-order valence-electron chi connectivity index (χ0n) is 16.3. The maximum absolute atomic E-state index is 4.63. The van der Waals surface area contributed by atoms with Crippen LogP contribution >= 0.6 is 24.0 Å². The van der Waals surface area contributed by atoms with E-state index in [2.05, 4.69) is 56.8 Å². The molecule has 2 aromatic rings. The molecule has 1 aromatic heterocycles. The minimum Gasteiger partial charge on any atom is -0.357 e. The van der Waals surface area contributed by atoms with Crippen molar-refractivity contribution in [2.75, 3.05) is 19.6 Å². The molecule has 148 valence electrons. The summed E-state index contributed by atoms with van der Waals surface area (Å²) in [5, 5.41) is 10.9. The summed E-state index contributed by atoms with van der Waals surface area (Å²) in [5.74, 6) is 0.831. The highest BCUT2D eigenvalue weighted by molar-refractivity contribution is 14.0. The van der Waals surface area contributed by atoms with Crippen LogP contribution in [0.2, 0.25) is 0 Å². The van der Waals surface area contributed by atoms with E-state index in [0.29, 0.717) is 6.54 Å². The first-order valence-electron chi connectivity index (χ1n) is 9.53. The molecule has 0 atom stereocenters. The number of nitrogens with zero attached hydrogens (tertiary/aromatic N) is 4. The number of aliphatic imine (C=N–C) groups is 1. The van der Waals surface area contributed by atoms with E-state index in [4.69, 9.17) is 0 Å². The minimum absolute atomic E-state index is 0. The summed E-state index contributed by atoms with van der Waals surface area (Å²) >= 11 is 0. The fraction of sp³-hybridized carbons (Fsp3) is 0.500. The van der Waals surface area contributed by atoms with Gasteiger partial charge >= 0.3 is 0 Å². The maximum Gasteiger partial charge on any atom is 0.191 e. The predicted molar refractivity (Wildman–Crippen MR) is 121 cm³/mol. The molecule has 27 heavy (non-hydrogen) atoms. The van der Waals surface area contributed by atoms with Crippen molar-refractivity contribution in [1.82, 2.24) is 25.3 Å². The highest BCUT2D eigenvalue weighted by atomic mass is 127. The zero-order valence-corrected chi connectivity index (χ0v) is 18.6. The van der Waals surface area contributed by atoms with Gasteiger partial charge in [-0.15, -0.1) is 24.0 Å². The maximum atomic E-state index is 4.63. The quantitative estimate of drug-likeness (QED) is 0.362. The molecule has 0 radical (unpaired) electrons. The molecule has 1 aromatic carbocycles. The summed E-state index contributed by atoms with van der Waals surface area (Å²) in [5.41, 5.74) is 3.77. The average Bonchev–Trinajstić information content (AvgIpc) is 3.30. The normalized spacial score (nSPS) is 14.8. The fourth-order valence-corrected chi connectivity index (χ4v) is 3.21. The van der Waals surface area contributed by atoms with Gasteiger partial charge in [-0.3, -0.25) is 9.58 Å². The number of hydrogen-bond donors (Lipinski definition) is 2. The predicted octanol–water partition coefficient (Wildman–Crippen LogP) is 2.89. The second kappa shape index (κ2) is 11.3. The van der Waals surface area contributed by atoms with Crippen molar-refractivity contribution in [3.05, 3.63) is 53.3 Å². The Morgan fingerprint density at radius 3 is 2.41 bits per heavy atom. The van der Waals surface area contributed by atoms with E-state index >= 15 is 0 Å². The Kier molecular flexibility index (Phi) is 9.06. The molecule has 0 saturated carbocycles. The van der Waals surface area contributed by atoms with Crippen LogP contribution in [0.5, 0.6) is 0 Å². The monoisotopic (exact) mass is 482 g/mol. The molecule has 6 nitrogen and oxygen atoms in total. The lowest BCUT2D eigenvalue weighted by atomic mass is 10.1. The van der Waals surface area contributed by atoms with Crippen molar-refractivity contribution in [3.63, 3.8) is 0 Å². The van der Waals surface area contributed by atoms with Gasteiger partial charge in [0.15, 0.2) is 5.96 Å². The van der Waals surface area contributed by atoms with Crippen LogP contribution in [0.1, 0.15) is 36.5 Å². The van der Waals surface area contributed by atoms with Gasteiger partial charge in [-0.05, 0) is 44.0 Å². The van der Waals surface area contributed by atoms with Crippen LogP contribution in [0, 0.1) is 0 Å². The van der Waals surface area contributed by atoms with Gasteiger partial charge in [0.2, 0.25) is 0 Å². The van der Waals surface area contributed by atoms with Crippen LogP contribution in [0.3, 0.4) is 0 Å². The van der Waals surface area contributed by atoms with Gasteiger partial charge in [-0.1, -0.05) is 24.3 Å². The van der Waals surface area contributed by atoms with Crippen LogP contribution in [-0.2, 0) is 26.7 Å². The third-order valence-corrected chi connectivity index (χ3v) is 4.61. The van der Waals surface area contributed by atoms with Gasteiger partial charge in [-0.2, -0.15) is 5.10 Å². The van der Waals surface area contributed by atoms with E-state index in [9.17, 15) is 0 Å². The van der Waals surface area contributed by atoms with Crippen molar-refractivity contribution >= 4 is 29.9 Å². The average molecular weight is 482 g/mol. The van der Waals surface area contributed by atoms with Crippen molar-refractivity contribution in [3.8, 4) is 0 Å². The first-order chi connectivity index (χ1) is 12.7. The Morgan fingerprint density at radius 2 is 1.78 bits per heavy atom. The molecule has 0 bridgehead atoms. The molecular weight excluding hydrogens is 451 g/mol. The van der Waals surface area contributed by atoms with Crippen molar-refractivity contribution in [2.24, 2.45) is 12.0 Å². The van der Waals surface area contributed by atoms with Crippen LogP contribution in [0.25, 0.3) is 0 Å². The number of hydrogen-bond acceptors (Lipinski definition) is 3.